The fourth-order valence-electron chi connectivity index (χ4n) is 3.34. The third-order valence-corrected chi connectivity index (χ3v) is 4.64. The van der Waals surface area contributed by atoms with E-state index in [0.29, 0.717) is 17.8 Å². The van der Waals surface area contributed by atoms with E-state index in [1.54, 1.807) is 5.56 Å². The lowest BCUT2D eigenvalue weighted by Gasteiger charge is -2.36. The Labute approximate surface area is 143 Å². The molecule has 2 N–H and O–H groups in total. The van der Waals surface area contributed by atoms with Crippen LogP contribution in [0.4, 0.5) is 0 Å². The summed E-state index contributed by atoms with van der Waals surface area (Å²) in [7, 11) is 0. The van der Waals surface area contributed by atoms with Gasteiger partial charge in [0.2, 0.25) is 0 Å². The molecule has 0 saturated heterocycles. The second kappa shape index (κ2) is 11.0. The molecule has 0 spiro atoms. The first-order valence-electron chi connectivity index (χ1n) is 8.90. The van der Waals surface area contributed by atoms with Crippen molar-refractivity contribution in [2.24, 2.45) is 5.92 Å². The molecule has 3 rings (SSSR count). The predicted octanol–water partition coefficient (Wildman–Crippen LogP) is 5.99. The van der Waals surface area contributed by atoms with Crippen LogP contribution in [-0.2, 0) is 6.42 Å². The molecule has 2 aromatic carbocycles. The van der Waals surface area contributed by atoms with Crippen molar-refractivity contribution in [1.82, 2.24) is 0 Å². The van der Waals surface area contributed by atoms with Crippen LogP contribution in [0.1, 0.15) is 70.1 Å². The number of benzene rings is 2. The smallest absolute Gasteiger partial charge is 0.00900 e. The van der Waals surface area contributed by atoms with Gasteiger partial charge >= 0.3 is 0 Å². The molecular formula is C22H34O. The van der Waals surface area contributed by atoms with Crippen molar-refractivity contribution in [3.8, 4) is 0 Å². The summed E-state index contributed by atoms with van der Waals surface area (Å²) in [4.78, 5) is 0. The highest BCUT2D eigenvalue weighted by Gasteiger charge is 2.31. The molecule has 1 nitrogen and oxygen atoms in total. The maximum atomic E-state index is 2.40. The van der Waals surface area contributed by atoms with Crippen molar-refractivity contribution < 1.29 is 5.48 Å². The largest absolute Gasteiger partial charge is 0.412 e. The highest BCUT2D eigenvalue weighted by atomic mass is 16.0. The first-order valence-corrected chi connectivity index (χ1v) is 8.90. The molecule has 0 aromatic heterocycles. The Hall–Kier alpha value is -1.60. The third kappa shape index (κ3) is 4.94. The minimum atomic E-state index is 0. The van der Waals surface area contributed by atoms with Gasteiger partial charge in [-0.2, -0.15) is 0 Å². The molecule has 0 fully saturated rings. The zero-order valence-electron chi connectivity index (χ0n) is 15.6. The molecule has 1 heteroatoms. The summed E-state index contributed by atoms with van der Waals surface area (Å²) >= 11 is 0. The van der Waals surface area contributed by atoms with Gasteiger partial charge in [0.25, 0.3) is 0 Å². The fraction of sp³-hybridized carbons (Fsp3) is 0.455. The van der Waals surface area contributed by atoms with Gasteiger partial charge in [-0.3, -0.25) is 0 Å². The molecule has 1 aliphatic rings. The second-order valence-electron chi connectivity index (χ2n) is 5.57. The van der Waals surface area contributed by atoms with Gasteiger partial charge in [0.1, 0.15) is 0 Å². The maximum Gasteiger partial charge on any atom is -0.00900 e. The summed E-state index contributed by atoms with van der Waals surface area (Å²) in [6.45, 7) is 12.8. The number of hydrogen-bond acceptors (Lipinski definition) is 0. The molecule has 23 heavy (non-hydrogen) atoms. The topological polar surface area (TPSA) is 31.5 Å². The van der Waals surface area contributed by atoms with E-state index in [0.717, 1.165) is 0 Å². The van der Waals surface area contributed by atoms with Crippen molar-refractivity contribution in [2.45, 2.75) is 59.8 Å². The number of rotatable bonds is 1. The van der Waals surface area contributed by atoms with Crippen LogP contribution in [0.3, 0.4) is 0 Å². The van der Waals surface area contributed by atoms with Crippen LogP contribution in [0.5, 0.6) is 0 Å². The van der Waals surface area contributed by atoms with Gasteiger partial charge in [-0.1, -0.05) is 96.1 Å². The molecule has 2 aromatic rings. The second-order valence-corrected chi connectivity index (χ2v) is 5.57. The summed E-state index contributed by atoms with van der Waals surface area (Å²) in [5.41, 5.74) is 4.58. The molecule has 3 atom stereocenters. The van der Waals surface area contributed by atoms with Crippen molar-refractivity contribution in [3.05, 3.63) is 71.3 Å². The Kier molecular flexibility index (Phi) is 10.2. The predicted molar refractivity (Wildman–Crippen MR) is 103 cm³/mol. The van der Waals surface area contributed by atoms with E-state index in [1.807, 2.05) is 27.7 Å². The lowest BCUT2D eigenvalue weighted by molar-refractivity contribution is 0.369. The zero-order chi connectivity index (χ0) is 16.5. The van der Waals surface area contributed by atoms with Gasteiger partial charge in [0.15, 0.2) is 0 Å². The minimum Gasteiger partial charge on any atom is -0.412 e. The Morgan fingerprint density at radius 1 is 0.739 bits per heavy atom. The average Bonchev–Trinajstić information content (AvgIpc) is 2.62. The molecule has 0 aliphatic heterocycles. The summed E-state index contributed by atoms with van der Waals surface area (Å²) in [6, 6.07) is 19.9. The van der Waals surface area contributed by atoms with E-state index in [-0.39, 0.29) is 5.48 Å². The highest BCUT2D eigenvalue weighted by Crippen LogP contribution is 2.43. The lowest BCUT2D eigenvalue weighted by atomic mass is 9.68. The molecule has 128 valence electrons. The SMILES string of the molecule is CC.CC.CC1c2ccccc2CC(c2ccccc2)C1C.O. The van der Waals surface area contributed by atoms with Gasteiger partial charge in [-0.05, 0) is 40.9 Å². The molecule has 0 radical (unpaired) electrons. The van der Waals surface area contributed by atoms with Crippen molar-refractivity contribution in [2.75, 3.05) is 0 Å². The molecule has 0 heterocycles. The van der Waals surface area contributed by atoms with Gasteiger partial charge in [0.05, 0.1) is 0 Å². The number of hydrogen-bond donors (Lipinski definition) is 0. The normalized spacial score (nSPS) is 21.4. The molecule has 0 amide bonds. The van der Waals surface area contributed by atoms with Gasteiger partial charge in [-0.25, -0.2) is 0 Å². The monoisotopic (exact) mass is 314 g/mol. The Bertz CT molecular complexity index is 533. The summed E-state index contributed by atoms with van der Waals surface area (Å²) < 4.78 is 0. The van der Waals surface area contributed by atoms with Crippen LogP contribution < -0.4 is 0 Å². The minimum absolute atomic E-state index is 0. The molecule has 1 aliphatic carbocycles. The third-order valence-electron chi connectivity index (χ3n) is 4.64. The van der Waals surface area contributed by atoms with Crippen LogP contribution >= 0.6 is 0 Å². The lowest BCUT2D eigenvalue weighted by Crippen LogP contribution is -2.24. The van der Waals surface area contributed by atoms with Gasteiger partial charge in [0, 0.05) is 0 Å². The van der Waals surface area contributed by atoms with E-state index in [9.17, 15) is 0 Å². The maximum absolute atomic E-state index is 2.40. The van der Waals surface area contributed by atoms with Crippen LogP contribution in [-0.4, -0.2) is 5.48 Å². The van der Waals surface area contributed by atoms with E-state index in [1.165, 1.54) is 17.5 Å². The number of fused-ring (bicyclic) bond motifs is 1. The van der Waals surface area contributed by atoms with E-state index in [4.69, 9.17) is 0 Å². The summed E-state index contributed by atoms with van der Waals surface area (Å²) in [5.74, 6) is 2.03. The van der Waals surface area contributed by atoms with E-state index < -0.39 is 0 Å². The Morgan fingerprint density at radius 2 is 1.26 bits per heavy atom. The van der Waals surface area contributed by atoms with Crippen molar-refractivity contribution in [3.63, 3.8) is 0 Å². The van der Waals surface area contributed by atoms with E-state index >= 15 is 0 Å². The van der Waals surface area contributed by atoms with Gasteiger partial charge in [-0.15, -0.1) is 0 Å². The first kappa shape index (κ1) is 21.4. The van der Waals surface area contributed by atoms with Crippen molar-refractivity contribution in [1.29, 1.82) is 0 Å². The summed E-state index contributed by atoms with van der Waals surface area (Å²) in [5, 5.41) is 0. The molecular weight excluding hydrogens is 280 g/mol. The Balaban J connectivity index is 0.000000901. The molecule has 3 unspecified atom stereocenters. The van der Waals surface area contributed by atoms with Crippen molar-refractivity contribution >= 4 is 0 Å². The molecule has 0 bridgehead atoms. The standard InChI is InChI=1S/C18H20.2C2H6.H2O/c1-13-14(2)18(15-8-4-3-5-9-15)12-16-10-6-7-11-17(13)16;2*1-2;/h3-11,13-14,18H,12H2,1-2H3;2*1-2H3;1H2. The van der Waals surface area contributed by atoms with Crippen LogP contribution in [0.25, 0.3) is 0 Å². The molecule has 0 saturated carbocycles. The van der Waals surface area contributed by atoms with Crippen LogP contribution in [0.15, 0.2) is 54.6 Å². The fourth-order valence-corrected chi connectivity index (χ4v) is 3.34. The van der Waals surface area contributed by atoms with Crippen LogP contribution in [0.2, 0.25) is 0 Å². The van der Waals surface area contributed by atoms with Gasteiger partial charge < -0.3 is 5.48 Å². The Morgan fingerprint density at radius 3 is 1.87 bits per heavy atom. The quantitative estimate of drug-likeness (QED) is 0.619. The highest BCUT2D eigenvalue weighted by molar-refractivity contribution is 5.37. The average molecular weight is 315 g/mol. The zero-order valence-corrected chi connectivity index (χ0v) is 15.6. The van der Waals surface area contributed by atoms with E-state index in [2.05, 4.69) is 68.4 Å². The first-order chi connectivity index (χ1) is 10.8. The summed E-state index contributed by atoms with van der Waals surface area (Å²) in [6.07, 6.45) is 1.19. The van der Waals surface area contributed by atoms with Crippen LogP contribution in [0, 0.1) is 5.92 Å².